The highest BCUT2D eigenvalue weighted by atomic mass is 32.2. The number of hydrogen-bond donors (Lipinski definition) is 2. The molecule has 0 radical (unpaired) electrons. The zero-order valence-corrected chi connectivity index (χ0v) is 16.2. The zero-order valence-electron chi connectivity index (χ0n) is 15.3. The third-order valence-electron chi connectivity index (χ3n) is 4.42. The van der Waals surface area contributed by atoms with E-state index < -0.39 is 9.84 Å². The molecule has 1 aromatic rings. The van der Waals surface area contributed by atoms with Gasteiger partial charge in [-0.3, -0.25) is 9.89 Å². The van der Waals surface area contributed by atoms with Crippen molar-refractivity contribution in [1.82, 2.24) is 20.7 Å². The van der Waals surface area contributed by atoms with Crippen LogP contribution in [0.2, 0.25) is 0 Å². The van der Waals surface area contributed by atoms with E-state index in [1.165, 1.54) is 0 Å². The van der Waals surface area contributed by atoms with E-state index in [0.717, 1.165) is 42.4 Å². The van der Waals surface area contributed by atoms with Crippen LogP contribution in [0.4, 0.5) is 0 Å². The van der Waals surface area contributed by atoms with Gasteiger partial charge in [-0.25, -0.2) is 8.42 Å². The van der Waals surface area contributed by atoms with E-state index in [9.17, 15) is 8.42 Å². The smallest absolute Gasteiger partial charge is 0.191 e. The van der Waals surface area contributed by atoms with Crippen LogP contribution in [0.1, 0.15) is 30.9 Å². The quantitative estimate of drug-likeness (QED) is 0.521. The summed E-state index contributed by atoms with van der Waals surface area (Å²) in [7, 11) is -1.09. The van der Waals surface area contributed by atoms with Crippen LogP contribution < -0.4 is 10.6 Å². The van der Waals surface area contributed by atoms with E-state index in [2.05, 4.69) is 39.5 Å². The zero-order chi connectivity index (χ0) is 18.3. The highest BCUT2D eigenvalue weighted by molar-refractivity contribution is 7.91. The topological polar surface area (TPSA) is 99.8 Å². The predicted octanol–water partition coefficient (Wildman–Crippen LogP) is 0.195. The first-order valence-corrected chi connectivity index (χ1v) is 10.6. The van der Waals surface area contributed by atoms with Gasteiger partial charge in [0.25, 0.3) is 0 Å². The van der Waals surface area contributed by atoms with Crippen LogP contribution in [0, 0.1) is 0 Å². The predicted molar refractivity (Wildman–Crippen MR) is 98.6 cm³/mol. The molecule has 0 spiro atoms. The molecule has 0 bridgehead atoms. The fourth-order valence-corrected chi connectivity index (χ4v) is 4.11. The second-order valence-electron chi connectivity index (χ2n) is 6.08. The third kappa shape index (κ3) is 5.71. The summed E-state index contributed by atoms with van der Waals surface area (Å²) < 4.78 is 28.3. The molecule has 1 fully saturated rings. The molecule has 1 saturated heterocycles. The van der Waals surface area contributed by atoms with Gasteiger partial charge < -0.3 is 15.2 Å². The monoisotopic (exact) mass is 371 g/mol. The van der Waals surface area contributed by atoms with Gasteiger partial charge in [-0.15, -0.1) is 0 Å². The van der Waals surface area contributed by atoms with Crippen molar-refractivity contribution in [3.63, 3.8) is 0 Å². The summed E-state index contributed by atoms with van der Waals surface area (Å²) in [5, 5.41) is 10.7. The molecule has 1 aliphatic rings. The number of guanidine groups is 1. The second-order valence-corrected chi connectivity index (χ2v) is 8.39. The summed E-state index contributed by atoms with van der Waals surface area (Å²) in [4.78, 5) is 6.39. The Labute approximate surface area is 150 Å². The van der Waals surface area contributed by atoms with Gasteiger partial charge in [0.2, 0.25) is 0 Å². The number of nitrogens with zero attached hydrogens (tertiary/aromatic N) is 3. The Hall–Kier alpha value is -1.61. The van der Waals surface area contributed by atoms with Crippen LogP contribution >= 0.6 is 0 Å². The molecule has 25 heavy (non-hydrogen) atoms. The molecular weight excluding hydrogens is 342 g/mol. The molecule has 2 rings (SSSR count). The molecular formula is C16H29N5O3S. The van der Waals surface area contributed by atoms with E-state index in [-0.39, 0.29) is 11.5 Å². The van der Waals surface area contributed by atoms with Gasteiger partial charge >= 0.3 is 0 Å². The van der Waals surface area contributed by atoms with Crippen LogP contribution in [-0.4, -0.2) is 69.2 Å². The molecule has 1 aliphatic heterocycles. The van der Waals surface area contributed by atoms with E-state index in [1.807, 2.05) is 0 Å². The molecule has 142 valence electrons. The van der Waals surface area contributed by atoms with Crippen LogP contribution in [0.25, 0.3) is 0 Å². The SMILES string of the molecule is CCc1noc(CC)c1CNC(=NC)NCCN1CCS(=O)(=O)CC1. The van der Waals surface area contributed by atoms with Crippen molar-refractivity contribution in [1.29, 1.82) is 0 Å². The maximum absolute atomic E-state index is 11.4. The van der Waals surface area contributed by atoms with E-state index in [0.29, 0.717) is 26.2 Å². The van der Waals surface area contributed by atoms with Gasteiger partial charge in [-0.1, -0.05) is 19.0 Å². The second kappa shape index (κ2) is 9.19. The van der Waals surface area contributed by atoms with E-state index >= 15 is 0 Å². The van der Waals surface area contributed by atoms with Gasteiger partial charge in [-0.2, -0.15) is 0 Å². The molecule has 0 saturated carbocycles. The Bertz CT molecular complexity index is 648. The minimum atomic E-state index is -2.82. The molecule has 8 nitrogen and oxygen atoms in total. The number of aliphatic imine (C=N–C) groups is 1. The molecule has 2 N–H and O–H groups in total. The highest BCUT2D eigenvalue weighted by Gasteiger charge is 2.21. The highest BCUT2D eigenvalue weighted by Crippen LogP contribution is 2.15. The first kappa shape index (κ1) is 19.7. The minimum Gasteiger partial charge on any atom is -0.361 e. The van der Waals surface area contributed by atoms with Crippen molar-refractivity contribution < 1.29 is 12.9 Å². The number of nitrogens with one attached hydrogen (secondary N) is 2. The van der Waals surface area contributed by atoms with Gasteiger partial charge in [0, 0.05) is 51.8 Å². The van der Waals surface area contributed by atoms with Crippen LogP contribution in [0.5, 0.6) is 0 Å². The Balaban J connectivity index is 1.77. The minimum absolute atomic E-state index is 0.257. The van der Waals surface area contributed by atoms with Crippen molar-refractivity contribution in [2.24, 2.45) is 4.99 Å². The molecule has 9 heteroatoms. The van der Waals surface area contributed by atoms with E-state index in [4.69, 9.17) is 4.52 Å². The summed E-state index contributed by atoms with van der Waals surface area (Å²) in [6.07, 6.45) is 1.65. The Morgan fingerprint density at radius 2 is 1.96 bits per heavy atom. The lowest BCUT2D eigenvalue weighted by Crippen LogP contribution is -2.45. The molecule has 2 heterocycles. The number of aryl methyl sites for hydroxylation is 2. The fourth-order valence-electron chi connectivity index (χ4n) is 2.84. The third-order valence-corrected chi connectivity index (χ3v) is 6.03. The Kier molecular flexibility index (Phi) is 7.24. The van der Waals surface area contributed by atoms with Crippen molar-refractivity contribution in [2.75, 3.05) is 44.7 Å². The van der Waals surface area contributed by atoms with Crippen LogP contribution in [0.3, 0.4) is 0 Å². The number of aromatic nitrogens is 1. The number of sulfone groups is 1. The number of hydrogen-bond acceptors (Lipinski definition) is 6. The molecule has 1 aromatic heterocycles. The molecule has 0 unspecified atom stereocenters. The van der Waals surface area contributed by atoms with Crippen molar-refractivity contribution in [3.05, 3.63) is 17.0 Å². The van der Waals surface area contributed by atoms with E-state index in [1.54, 1.807) is 7.05 Å². The summed E-state index contributed by atoms with van der Waals surface area (Å²) in [5.41, 5.74) is 2.09. The normalized spacial score (nSPS) is 18.3. The van der Waals surface area contributed by atoms with Crippen molar-refractivity contribution in [3.8, 4) is 0 Å². The first-order valence-electron chi connectivity index (χ1n) is 8.82. The summed E-state index contributed by atoms with van der Waals surface area (Å²) >= 11 is 0. The number of rotatable bonds is 7. The molecule has 0 amide bonds. The lowest BCUT2D eigenvalue weighted by Gasteiger charge is -2.26. The Morgan fingerprint density at radius 3 is 2.56 bits per heavy atom. The maximum Gasteiger partial charge on any atom is 0.191 e. The van der Waals surface area contributed by atoms with Crippen LogP contribution in [0.15, 0.2) is 9.52 Å². The standard InChI is InChI=1S/C16H29N5O3S/c1-4-14-13(15(5-2)24-20-14)12-19-16(17-3)18-6-7-21-8-10-25(22,23)11-9-21/h4-12H2,1-3H3,(H2,17,18,19). The van der Waals surface area contributed by atoms with Crippen molar-refractivity contribution in [2.45, 2.75) is 33.2 Å². The van der Waals surface area contributed by atoms with Gasteiger partial charge in [-0.05, 0) is 6.42 Å². The fraction of sp³-hybridized carbons (Fsp3) is 0.750. The van der Waals surface area contributed by atoms with Gasteiger partial charge in [0.15, 0.2) is 15.8 Å². The average Bonchev–Trinajstić information content (AvgIpc) is 3.01. The maximum atomic E-state index is 11.4. The van der Waals surface area contributed by atoms with Crippen molar-refractivity contribution >= 4 is 15.8 Å². The van der Waals surface area contributed by atoms with Gasteiger partial charge in [0.1, 0.15) is 5.76 Å². The Morgan fingerprint density at radius 1 is 1.24 bits per heavy atom. The lowest BCUT2D eigenvalue weighted by molar-refractivity contribution is 0.299. The summed E-state index contributed by atoms with van der Waals surface area (Å²) in [5.74, 6) is 2.14. The van der Waals surface area contributed by atoms with Crippen LogP contribution in [-0.2, 0) is 29.2 Å². The largest absolute Gasteiger partial charge is 0.361 e. The molecule has 0 aromatic carbocycles. The average molecular weight is 372 g/mol. The summed E-state index contributed by atoms with van der Waals surface area (Å²) in [6.45, 7) is 7.46. The lowest BCUT2D eigenvalue weighted by atomic mass is 10.1. The summed E-state index contributed by atoms with van der Waals surface area (Å²) in [6, 6.07) is 0. The molecule has 0 aliphatic carbocycles. The first-order chi connectivity index (χ1) is 12.0. The molecule has 0 atom stereocenters. The van der Waals surface area contributed by atoms with Gasteiger partial charge in [0.05, 0.1) is 17.2 Å².